The molecule has 7 heteroatoms. The molecule has 134 valence electrons. The highest BCUT2D eigenvalue weighted by atomic mass is 35.5. The molecular formula is C20H16ClN5O. The third kappa shape index (κ3) is 3.87. The van der Waals surface area contributed by atoms with Crippen molar-refractivity contribution < 1.29 is 4.79 Å². The van der Waals surface area contributed by atoms with Gasteiger partial charge in [-0.25, -0.2) is 9.79 Å². The van der Waals surface area contributed by atoms with Gasteiger partial charge in [-0.1, -0.05) is 48.0 Å². The van der Waals surface area contributed by atoms with Gasteiger partial charge in [0.1, 0.15) is 17.5 Å². The lowest BCUT2D eigenvalue weighted by Gasteiger charge is -2.16. The number of nitrogens with zero attached hydrogens (tertiary/aromatic N) is 1. The van der Waals surface area contributed by atoms with E-state index in [0.29, 0.717) is 23.2 Å². The molecule has 27 heavy (non-hydrogen) atoms. The number of aromatic amines is 1. The van der Waals surface area contributed by atoms with Crippen molar-refractivity contribution in [2.75, 3.05) is 16.0 Å². The molecule has 6 nitrogen and oxygen atoms in total. The monoisotopic (exact) mass is 377 g/mol. The standard InChI is InChI=1S/C20H16ClN5O/c21-14-7-4-8-15(9-14)23-19-16-10-17(22-11-13-5-2-1-3-6-13)24-20(16)26-18(12-27)25-19/h1-10,22,24,26H,11H2,(H,23,25). The molecule has 1 aliphatic rings. The van der Waals surface area contributed by atoms with E-state index < -0.39 is 0 Å². The Bertz CT molecular complexity index is 1050. The van der Waals surface area contributed by atoms with E-state index in [1.165, 1.54) is 0 Å². The first-order chi connectivity index (χ1) is 13.2. The number of hydrogen-bond donors (Lipinski definition) is 4. The SMILES string of the molecule is O=C=C1N=C(Nc2cccc(Cl)c2)c2cc(NCc3ccccc3)[nH]c2N1. The minimum absolute atomic E-state index is 0.100. The van der Waals surface area contributed by atoms with Gasteiger partial charge in [0.2, 0.25) is 5.82 Å². The lowest BCUT2D eigenvalue weighted by molar-refractivity contribution is 0.567. The van der Waals surface area contributed by atoms with E-state index in [-0.39, 0.29) is 5.82 Å². The number of amidine groups is 1. The molecule has 4 rings (SSSR count). The largest absolute Gasteiger partial charge is 0.367 e. The van der Waals surface area contributed by atoms with E-state index in [1.54, 1.807) is 18.1 Å². The summed E-state index contributed by atoms with van der Waals surface area (Å²) in [6, 6.07) is 19.3. The summed E-state index contributed by atoms with van der Waals surface area (Å²) in [6.45, 7) is 0.671. The highest BCUT2D eigenvalue weighted by Crippen LogP contribution is 2.27. The van der Waals surface area contributed by atoms with Gasteiger partial charge in [-0.2, -0.15) is 0 Å². The number of benzene rings is 2. The van der Waals surface area contributed by atoms with Gasteiger partial charge in [0.15, 0.2) is 5.94 Å². The molecule has 2 heterocycles. The van der Waals surface area contributed by atoms with Gasteiger partial charge in [-0.15, -0.1) is 0 Å². The van der Waals surface area contributed by atoms with Gasteiger partial charge in [-0.3, -0.25) is 0 Å². The Morgan fingerprint density at radius 1 is 1.07 bits per heavy atom. The molecule has 0 fully saturated rings. The average molecular weight is 378 g/mol. The summed E-state index contributed by atoms with van der Waals surface area (Å²) in [4.78, 5) is 18.7. The molecule has 0 amide bonds. The fourth-order valence-corrected chi connectivity index (χ4v) is 2.98. The van der Waals surface area contributed by atoms with Crippen LogP contribution in [0.5, 0.6) is 0 Å². The Hall–Kier alpha value is -3.47. The fraction of sp³-hybridized carbons (Fsp3) is 0.0500. The summed E-state index contributed by atoms with van der Waals surface area (Å²) in [5, 5.41) is 10.1. The van der Waals surface area contributed by atoms with Crippen LogP contribution in [0.1, 0.15) is 11.1 Å². The number of fused-ring (bicyclic) bond motifs is 1. The van der Waals surface area contributed by atoms with Crippen LogP contribution in [-0.2, 0) is 11.3 Å². The number of halogens is 1. The zero-order valence-corrected chi connectivity index (χ0v) is 15.0. The minimum Gasteiger partial charge on any atom is -0.367 e. The van der Waals surface area contributed by atoms with Gasteiger partial charge in [0, 0.05) is 17.3 Å². The van der Waals surface area contributed by atoms with Crippen molar-refractivity contribution in [3.05, 3.63) is 82.6 Å². The molecule has 0 radical (unpaired) electrons. The van der Waals surface area contributed by atoms with Gasteiger partial charge in [0.05, 0.1) is 5.56 Å². The van der Waals surface area contributed by atoms with Crippen LogP contribution in [0.4, 0.5) is 17.3 Å². The molecule has 0 saturated carbocycles. The van der Waals surface area contributed by atoms with Gasteiger partial charge in [0.25, 0.3) is 0 Å². The molecule has 1 aromatic heterocycles. The van der Waals surface area contributed by atoms with Crippen molar-refractivity contribution in [3.8, 4) is 0 Å². The van der Waals surface area contributed by atoms with E-state index >= 15 is 0 Å². The first-order valence-corrected chi connectivity index (χ1v) is 8.73. The number of aliphatic imine (C=N–C) groups is 1. The smallest absolute Gasteiger partial charge is 0.220 e. The summed E-state index contributed by atoms with van der Waals surface area (Å²) in [5.41, 5.74) is 2.75. The fourth-order valence-electron chi connectivity index (χ4n) is 2.79. The Morgan fingerprint density at radius 2 is 1.93 bits per heavy atom. The molecule has 3 aromatic rings. The summed E-state index contributed by atoms with van der Waals surface area (Å²) in [7, 11) is 0. The second kappa shape index (κ2) is 7.41. The third-order valence-corrected chi connectivity index (χ3v) is 4.28. The first-order valence-electron chi connectivity index (χ1n) is 8.36. The lowest BCUT2D eigenvalue weighted by Crippen LogP contribution is -2.20. The van der Waals surface area contributed by atoms with Crippen LogP contribution >= 0.6 is 11.6 Å². The van der Waals surface area contributed by atoms with Crippen molar-refractivity contribution >= 4 is 40.7 Å². The van der Waals surface area contributed by atoms with Gasteiger partial charge < -0.3 is 20.9 Å². The van der Waals surface area contributed by atoms with Crippen molar-refractivity contribution in [3.63, 3.8) is 0 Å². The maximum atomic E-state index is 11.1. The number of H-pyrrole nitrogens is 1. The normalized spacial score (nSPS) is 12.5. The molecule has 0 aliphatic carbocycles. The average Bonchev–Trinajstić information content (AvgIpc) is 3.10. The number of hydrogen-bond acceptors (Lipinski definition) is 5. The van der Waals surface area contributed by atoms with Gasteiger partial charge in [-0.05, 0) is 29.8 Å². The Labute approximate surface area is 161 Å². The highest BCUT2D eigenvalue weighted by molar-refractivity contribution is 6.31. The molecule has 0 spiro atoms. The number of rotatable bonds is 4. The zero-order chi connectivity index (χ0) is 18.6. The zero-order valence-electron chi connectivity index (χ0n) is 14.2. The topological polar surface area (TPSA) is 81.3 Å². The summed E-state index contributed by atoms with van der Waals surface area (Å²) in [5.74, 6) is 3.92. The van der Waals surface area contributed by atoms with Crippen molar-refractivity contribution in [2.45, 2.75) is 6.54 Å². The summed E-state index contributed by atoms with van der Waals surface area (Å²) in [6.07, 6.45) is 0. The van der Waals surface area contributed by atoms with Crippen LogP contribution in [-0.4, -0.2) is 16.8 Å². The van der Waals surface area contributed by atoms with E-state index in [0.717, 1.165) is 22.6 Å². The number of carbonyl (C=O) groups excluding carboxylic acids is 1. The molecule has 0 atom stereocenters. The number of aromatic nitrogens is 1. The van der Waals surface area contributed by atoms with Crippen LogP contribution < -0.4 is 16.0 Å². The van der Waals surface area contributed by atoms with E-state index in [1.807, 2.05) is 36.4 Å². The summed E-state index contributed by atoms with van der Waals surface area (Å²) >= 11 is 6.05. The third-order valence-electron chi connectivity index (χ3n) is 4.05. The van der Waals surface area contributed by atoms with E-state index in [2.05, 4.69) is 38.1 Å². The first kappa shape index (κ1) is 17.0. The molecular weight excluding hydrogens is 362 g/mol. The van der Waals surface area contributed by atoms with Crippen LogP contribution in [0.3, 0.4) is 0 Å². The highest BCUT2D eigenvalue weighted by Gasteiger charge is 2.20. The van der Waals surface area contributed by atoms with Gasteiger partial charge >= 0.3 is 0 Å². The predicted octanol–water partition coefficient (Wildman–Crippen LogP) is 4.24. The number of nitrogens with one attached hydrogen (secondary N) is 4. The maximum Gasteiger partial charge on any atom is 0.220 e. The molecule has 0 saturated heterocycles. The Balaban J connectivity index is 1.59. The van der Waals surface area contributed by atoms with Crippen LogP contribution in [0.15, 0.2) is 71.5 Å². The molecule has 1 aliphatic heterocycles. The van der Waals surface area contributed by atoms with Crippen molar-refractivity contribution in [2.24, 2.45) is 4.99 Å². The van der Waals surface area contributed by atoms with Crippen LogP contribution in [0.2, 0.25) is 5.02 Å². The minimum atomic E-state index is 0.100. The molecule has 4 N–H and O–H groups in total. The summed E-state index contributed by atoms with van der Waals surface area (Å²) < 4.78 is 0. The number of anilines is 3. The molecule has 0 unspecified atom stereocenters. The Morgan fingerprint density at radius 3 is 2.70 bits per heavy atom. The Kier molecular flexibility index (Phi) is 4.66. The van der Waals surface area contributed by atoms with Crippen molar-refractivity contribution in [1.82, 2.24) is 4.98 Å². The molecule has 0 bridgehead atoms. The quantitative estimate of drug-likeness (QED) is 0.513. The van der Waals surface area contributed by atoms with E-state index in [4.69, 9.17) is 11.6 Å². The molecule has 2 aromatic carbocycles. The predicted molar refractivity (Wildman–Crippen MR) is 109 cm³/mol. The van der Waals surface area contributed by atoms with E-state index in [9.17, 15) is 4.79 Å². The second-order valence-corrected chi connectivity index (χ2v) is 6.42. The lowest BCUT2D eigenvalue weighted by atomic mass is 10.2. The second-order valence-electron chi connectivity index (χ2n) is 5.98. The van der Waals surface area contributed by atoms with Crippen molar-refractivity contribution in [1.29, 1.82) is 0 Å². The van der Waals surface area contributed by atoms with Crippen LogP contribution in [0.25, 0.3) is 0 Å². The van der Waals surface area contributed by atoms with Crippen LogP contribution in [0, 0.1) is 0 Å². The maximum absolute atomic E-state index is 11.1.